The van der Waals surface area contributed by atoms with Gasteiger partial charge in [-0.15, -0.1) is 0 Å². The minimum Gasteiger partial charge on any atom is -0.266 e. The lowest BCUT2D eigenvalue weighted by atomic mass is 10.2. The van der Waals surface area contributed by atoms with Gasteiger partial charge in [-0.05, 0) is 24.3 Å². The van der Waals surface area contributed by atoms with Crippen LogP contribution in [0.3, 0.4) is 0 Å². The lowest BCUT2D eigenvalue weighted by molar-refractivity contribution is 0.673. The van der Waals surface area contributed by atoms with Crippen molar-refractivity contribution in [2.75, 3.05) is 0 Å². The Morgan fingerprint density at radius 1 is 0.944 bits per heavy atom. The molecule has 0 aliphatic heterocycles. The van der Waals surface area contributed by atoms with Crippen molar-refractivity contribution in [1.82, 2.24) is 19.7 Å². The standard InChI is InChI=1S/C14H12N4/c1-3-7-15-13(5-1)11-18-10-12(9-17-18)14-6-2-4-8-16-14/h1-10H,11H2. The molecule has 0 saturated heterocycles. The van der Waals surface area contributed by atoms with Crippen LogP contribution in [0.5, 0.6) is 0 Å². The lowest BCUT2D eigenvalue weighted by Gasteiger charge is -1.99. The van der Waals surface area contributed by atoms with Crippen LogP contribution < -0.4 is 0 Å². The Morgan fingerprint density at radius 2 is 1.78 bits per heavy atom. The van der Waals surface area contributed by atoms with E-state index >= 15 is 0 Å². The second kappa shape index (κ2) is 4.79. The van der Waals surface area contributed by atoms with E-state index in [1.165, 1.54) is 0 Å². The molecule has 3 heterocycles. The smallest absolute Gasteiger partial charge is 0.0831 e. The maximum Gasteiger partial charge on any atom is 0.0831 e. The molecule has 0 aliphatic rings. The van der Waals surface area contributed by atoms with Crippen LogP contribution in [0.25, 0.3) is 11.3 Å². The van der Waals surface area contributed by atoms with E-state index in [2.05, 4.69) is 15.1 Å². The van der Waals surface area contributed by atoms with Crippen molar-refractivity contribution in [1.29, 1.82) is 0 Å². The number of nitrogens with zero attached hydrogens (tertiary/aromatic N) is 4. The van der Waals surface area contributed by atoms with Gasteiger partial charge in [-0.25, -0.2) is 0 Å². The fraction of sp³-hybridized carbons (Fsp3) is 0.0714. The van der Waals surface area contributed by atoms with Gasteiger partial charge in [0.15, 0.2) is 0 Å². The molecule has 0 aliphatic carbocycles. The van der Waals surface area contributed by atoms with Gasteiger partial charge in [0.05, 0.1) is 24.1 Å². The summed E-state index contributed by atoms with van der Waals surface area (Å²) in [7, 11) is 0. The summed E-state index contributed by atoms with van der Waals surface area (Å²) in [4.78, 5) is 8.58. The van der Waals surface area contributed by atoms with Gasteiger partial charge in [0.25, 0.3) is 0 Å². The maximum atomic E-state index is 4.32. The minimum atomic E-state index is 0.674. The normalized spacial score (nSPS) is 10.4. The van der Waals surface area contributed by atoms with Crippen LogP contribution in [0.2, 0.25) is 0 Å². The van der Waals surface area contributed by atoms with Gasteiger partial charge in [-0.2, -0.15) is 5.10 Å². The van der Waals surface area contributed by atoms with Crippen molar-refractivity contribution in [3.8, 4) is 11.3 Å². The number of aromatic nitrogens is 4. The molecule has 0 amide bonds. The van der Waals surface area contributed by atoms with Crippen LogP contribution in [0.4, 0.5) is 0 Å². The molecule has 3 aromatic heterocycles. The predicted octanol–water partition coefficient (Wildman–Crippen LogP) is 2.39. The van der Waals surface area contributed by atoms with Crippen molar-refractivity contribution in [2.24, 2.45) is 0 Å². The third-order valence-electron chi connectivity index (χ3n) is 2.64. The highest BCUT2D eigenvalue weighted by Crippen LogP contribution is 2.15. The molecular weight excluding hydrogens is 224 g/mol. The lowest BCUT2D eigenvalue weighted by Crippen LogP contribution is -2.01. The summed E-state index contributed by atoms with van der Waals surface area (Å²) >= 11 is 0. The zero-order chi connectivity index (χ0) is 12.2. The fourth-order valence-electron chi connectivity index (χ4n) is 1.77. The summed E-state index contributed by atoms with van der Waals surface area (Å²) in [6.07, 6.45) is 7.38. The second-order valence-corrected chi connectivity index (χ2v) is 3.96. The molecule has 0 unspecified atom stereocenters. The molecule has 18 heavy (non-hydrogen) atoms. The Morgan fingerprint density at radius 3 is 2.50 bits per heavy atom. The number of hydrogen-bond donors (Lipinski definition) is 0. The van der Waals surface area contributed by atoms with E-state index in [1.807, 2.05) is 53.5 Å². The SMILES string of the molecule is c1ccc(Cn2cc(-c3ccccn3)cn2)nc1. The van der Waals surface area contributed by atoms with E-state index in [9.17, 15) is 0 Å². The highest BCUT2D eigenvalue weighted by Gasteiger charge is 2.03. The summed E-state index contributed by atoms with van der Waals surface area (Å²) in [5, 5.41) is 4.32. The minimum absolute atomic E-state index is 0.674. The monoisotopic (exact) mass is 236 g/mol. The molecule has 4 nitrogen and oxygen atoms in total. The first-order valence-corrected chi connectivity index (χ1v) is 5.75. The van der Waals surface area contributed by atoms with Crippen LogP contribution in [0.1, 0.15) is 5.69 Å². The molecule has 0 atom stereocenters. The van der Waals surface area contributed by atoms with Crippen LogP contribution >= 0.6 is 0 Å². The molecule has 88 valence electrons. The van der Waals surface area contributed by atoms with Gasteiger partial charge in [-0.3, -0.25) is 14.6 Å². The van der Waals surface area contributed by atoms with Crippen molar-refractivity contribution in [3.63, 3.8) is 0 Å². The average molecular weight is 236 g/mol. The Balaban J connectivity index is 1.82. The van der Waals surface area contributed by atoms with Gasteiger partial charge in [0.1, 0.15) is 0 Å². The van der Waals surface area contributed by atoms with Gasteiger partial charge in [0.2, 0.25) is 0 Å². The summed E-state index contributed by atoms with van der Waals surface area (Å²) in [6.45, 7) is 0.674. The first-order valence-electron chi connectivity index (χ1n) is 5.75. The molecular formula is C14H12N4. The Hall–Kier alpha value is -2.49. The van der Waals surface area contributed by atoms with E-state index in [-0.39, 0.29) is 0 Å². The molecule has 3 aromatic rings. The first kappa shape index (κ1) is 10.7. The van der Waals surface area contributed by atoms with Crippen LogP contribution in [-0.4, -0.2) is 19.7 Å². The summed E-state index contributed by atoms with van der Waals surface area (Å²) in [5.74, 6) is 0. The molecule has 0 saturated carbocycles. The quantitative estimate of drug-likeness (QED) is 0.701. The Labute approximate surface area is 105 Å². The van der Waals surface area contributed by atoms with Crippen LogP contribution in [-0.2, 0) is 6.54 Å². The summed E-state index contributed by atoms with van der Waals surface area (Å²) < 4.78 is 1.87. The molecule has 3 rings (SSSR count). The van der Waals surface area contributed by atoms with Gasteiger partial charge < -0.3 is 0 Å². The van der Waals surface area contributed by atoms with Gasteiger partial charge >= 0.3 is 0 Å². The summed E-state index contributed by atoms with van der Waals surface area (Å²) in [6, 6.07) is 11.7. The highest BCUT2D eigenvalue weighted by atomic mass is 15.3. The van der Waals surface area contributed by atoms with Crippen LogP contribution in [0.15, 0.2) is 61.2 Å². The molecule has 0 spiro atoms. The number of rotatable bonds is 3. The zero-order valence-electron chi connectivity index (χ0n) is 9.77. The average Bonchev–Trinajstić information content (AvgIpc) is 2.89. The Bertz CT molecular complexity index is 617. The highest BCUT2D eigenvalue weighted by molar-refractivity contribution is 5.56. The largest absolute Gasteiger partial charge is 0.266 e. The van der Waals surface area contributed by atoms with Crippen molar-refractivity contribution >= 4 is 0 Å². The summed E-state index contributed by atoms with van der Waals surface area (Å²) in [5.41, 5.74) is 2.95. The third kappa shape index (κ3) is 2.27. The second-order valence-electron chi connectivity index (χ2n) is 3.96. The van der Waals surface area contributed by atoms with Crippen molar-refractivity contribution in [2.45, 2.75) is 6.54 Å². The molecule has 0 N–H and O–H groups in total. The van der Waals surface area contributed by atoms with E-state index in [4.69, 9.17) is 0 Å². The zero-order valence-corrected chi connectivity index (χ0v) is 9.77. The Kier molecular flexibility index (Phi) is 2.84. The molecule has 4 heteroatoms. The van der Waals surface area contributed by atoms with Crippen molar-refractivity contribution < 1.29 is 0 Å². The molecule has 0 bridgehead atoms. The third-order valence-corrected chi connectivity index (χ3v) is 2.64. The number of pyridine rings is 2. The van der Waals surface area contributed by atoms with Gasteiger partial charge in [0, 0.05) is 24.2 Å². The van der Waals surface area contributed by atoms with E-state index in [0.29, 0.717) is 6.54 Å². The molecule has 0 aromatic carbocycles. The van der Waals surface area contributed by atoms with E-state index < -0.39 is 0 Å². The number of hydrogen-bond acceptors (Lipinski definition) is 3. The fourth-order valence-corrected chi connectivity index (χ4v) is 1.77. The molecule has 0 fully saturated rings. The van der Waals surface area contributed by atoms with Crippen molar-refractivity contribution in [3.05, 3.63) is 66.9 Å². The molecule has 0 radical (unpaired) electrons. The first-order chi connectivity index (χ1) is 8.92. The predicted molar refractivity (Wildman–Crippen MR) is 68.8 cm³/mol. The van der Waals surface area contributed by atoms with E-state index in [1.54, 1.807) is 12.4 Å². The maximum absolute atomic E-state index is 4.32. The topological polar surface area (TPSA) is 43.6 Å². The van der Waals surface area contributed by atoms with E-state index in [0.717, 1.165) is 17.0 Å². The van der Waals surface area contributed by atoms with Crippen LogP contribution in [0, 0.1) is 0 Å². The van der Waals surface area contributed by atoms with Gasteiger partial charge in [-0.1, -0.05) is 12.1 Å².